The topological polar surface area (TPSA) is 41.6 Å². The van der Waals surface area contributed by atoms with E-state index in [1.165, 1.54) is 0 Å². The third-order valence-electron chi connectivity index (χ3n) is 3.34. The summed E-state index contributed by atoms with van der Waals surface area (Å²) in [6.07, 6.45) is 0.545. The van der Waals surface area contributed by atoms with Crippen molar-refractivity contribution in [3.05, 3.63) is 0 Å². The van der Waals surface area contributed by atoms with E-state index in [1.54, 1.807) is 11.9 Å². The molecule has 98 valence electrons. The quantitative estimate of drug-likeness (QED) is 0.790. The molecule has 1 N–H and O–H groups in total. The molecule has 1 amide bonds. The van der Waals surface area contributed by atoms with Crippen LogP contribution in [0.25, 0.3) is 0 Å². The fraction of sp³-hybridized carbons (Fsp3) is 0.909. The first-order valence-electron chi connectivity index (χ1n) is 5.92. The Morgan fingerprint density at radius 1 is 1.59 bits per heavy atom. The predicted molar refractivity (Wildman–Crippen MR) is 57.9 cm³/mol. The molecule has 2 saturated heterocycles. The van der Waals surface area contributed by atoms with Crippen molar-refractivity contribution in [3.8, 4) is 0 Å². The largest absolute Gasteiger partial charge is 0.381 e. The van der Waals surface area contributed by atoms with E-state index in [9.17, 15) is 13.6 Å². The molecule has 0 bridgehead atoms. The average Bonchev–Trinajstić information content (AvgIpc) is 2.86. The number of nitrogens with one attached hydrogen (secondary N) is 1. The number of carbonyl (C=O) groups is 1. The van der Waals surface area contributed by atoms with Gasteiger partial charge in [-0.2, -0.15) is 0 Å². The first-order valence-corrected chi connectivity index (χ1v) is 5.92. The Morgan fingerprint density at radius 3 is 2.88 bits per heavy atom. The number of alkyl halides is 2. The van der Waals surface area contributed by atoms with E-state index >= 15 is 0 Å². The molecular weight excluding hydrogens is 230 g/mol. The molecule has 0 spiro atoms. The van der Waals surface area contributed by atoms with Crippen LogP contribution in [0, 0.1) is 5.92 Å². The highest BCUT2D eigenvalue weighted by Crippen LogP contribution is 2.26. The zero-order valence-corrected chi connectivity index (χ0v) is 9.92. The normalized spacial score (nSPS) is 31.7. The molecular formula is C11H18F2N2O2. The summed E-state index contributed by atoms with van der Waals surface area (Å²) < 4.78 is 31.2. The number of halogens is 2. The van der Waals surface area contributed by atoms with Crippen molar-refractivity contribution in [2.75, 3.05) is 33.4 Å². The van der Waals surface area contributed by atoms with E-state index in [4.69, 9.17) is 4.74 Å². The van der Waals surface area contributed by atoms with Gasteiger partial charge in [-0.1, -0.05) is 0 Å². The summed E-state index contributed by atoms with van der Waals surface area (Å²) in [7, 11) is 1.67. The van der Waals surface area contributed by atoms with E-state index in [1.807, 2.05) is 0 Å². The molecule has 0 radical (unpaired) electrons. The van der Waals surface area contributed by atoms with Crippen molar-refractivity contribution >= 4 is 5.91 Å². The number of carbonyl (C=O) groups excluding carboxylic acids is 1. The number of hydrogen-bond acceptors (Lipinski definition) is 3. The lowest BCUT2D eigenvalue weighted by atomic mass is 10.1. The van der Waals surface area contributed by atoms with Crippen LogP contribution in [0.2, 0.25) is 0 Å². The average molecular weight is 248 g/mol. The van der Waals surface area contributed by atoms with Crippen LogP contribution in [0.3, 0.4) is 0 Å². The second-order valence-corrected chi connectivity index (χ2v) is 4.94. The number of hydrogen-bond donors (Lipinski definition) is 1. The highest BCUT2D eigenvalue weighted by Gasteiger charge is 2.43. The zero-order valence-electron chi connectivity index (χ0n) is 9.92. The summed E-state index contributed by atoms with van der Waals surface area (Å²) in [4.78, 5) is 13.5. The maximum Gasteiger partial charge on any atom is 0.262 e. The monoisotopic (exact) mass is 248 g/mol. The number of likely N-dealkylation sites (N-methyl/N-ethyl adjacent to an activating group) is 1. The van der Waals surface area contributed by atoms with Crippen LogP contribution in [0.5, 0.6) is 0 Å². The Hall–Kier alpha value is -0.750. The second kappa shape index (κ2) is 4.86. The van der Waals surface area contributed by atoms with Gasteiger partial charge in [0.05, 0.1) is 19.2 Å². The summed E-state index contributed by atoms with van der Waals surface area (Å²) in [6, 6.07) is -0.739. The van der Waals surface area contributed by atoms with Gasteiger partial charge in [0.1, 0.15) is 0 Å². The van der Waals surface area contributed by atoms with Gasteiger partial charge in [0.15, 0.2) is 0 Å². The van der Waals surface area contributed by atoms with Gasteiger partial charge in [-0.25, -0.2) is 8.78 Å². The minimum absolute atomic E-state index is 0.242. The maximum absolute atomic E-state index is 13.0. The van der Waals surface area contributed by atoms with Crippen LogP contribution in [0.4, 0.5) is 8.78 Å². The van der Waals surface area contributed by atoms with Crippen molar-refractivity contribution in [2.45, 2.75) is 24.8 Å². The van der Waals surface area contributed by atoms with Gasteiger partial charge in [0.25, 0.3) is 5.92 Å². The lowest BCUT2D eigenvalue weighted by Gasteiger charge is -2.23. The van der Waals surface area contributed by atoms with E-state index in [0.29, 0.717) is 19.1 Å². The van der Waals surface area contributed by atoms with Crippen molar-refractivity contribution in [1.82, 2.24) is 10.2 Å². The standard InChI is InChI=1S/C11H18F2N2O2/c1-15(5-8-2-3-17-6-8)10(16)9-4-11(12,13)7-14-9/h8-9,14H,2-7H2,1H3. The van der Waals surface area contributed by atoms with Crippen LogP contribution in [0.1, 0.15) is 12.8 Å². The Bertz CT molecular complexity index is 293. The van der Waals surface area contributed by atoms with Crippen LogP contribution >= 0.6 is 0 Å². The number of ether oxygens (including phenoxy) is 1. The number of nitrogens with zero attached hydrogens (tertiary/aromatic N) is 1. The van der Waals surface area contributed by atoms with Gasteiger partial charge in [-0.05, 0) is 6.42 Å². The summed E-state index contributed by atoms with van der Waals surface area (Å²) in [5.41, 5.74) is 0. The van der Waals surface area contributed by atoms with Crippen molar-refractivity contribution in [2.24, 2.45) is 5.92 Å². The fourth-order valence-corrected chi connectivity index (χ4v) is 2.36. The molecule has 2 aliphatic rings. The van der Waals surface area contributed by atoms with Crippen LogP contribution in [-0.2, 0) is 9.53 Å². The van der Waals surface area contributed by atoms with Gasteiger partial charge in [0, 0.05) is 32.5 Å². The SMILES string of the molecule is CN(CC1CCOC1)C(=O)C1CC(F)(F)CN1. The minimum Gasteiger partial charge on any atom is -0.381 e. The molecule has 2 aliphatic heterocycles. The summed E-state index contributed by atoms with van der Waals surface area (Å²) in [5.74, 6) is -2.66. The predicted octanol–water partition coefficient (Wildman–Crippen LogP) is 0.478. The summed E-state index contributed by atoms with van der Waals surface area (Å²) in [6.45, 7) is 1.57. The molecule has 0 aliphatic carbocycles. The first-order chi connectivity index (χ1) is 7.98. The van der Waals surface area contributed by atoms with E-state index in [0.717, 1.165) is 13.0 Å². The molecule has 0 aromatic rings. The van der Waals surface area contributed by atoms with Gasteiger partial charge >= 0.3 is 0 Å². The summed E-state index contributed by atoms with van der Waals surface area (Å²) >= 11 is 0. The van der Waals surface area contributed by atoms with Gasteiger partial charge in [-0.3, -0.25) is 10.1 Å². The third-order valence-corrected chi connectivity index (χ3v) is 3.34. The number of amides is 1. The molecule has 2 heterocycles. The lowest BCUT2D eigenvalue weighted by Crippen LogP contribution is -2.43. The molecule has 2 rings (SSSR count). The van der Waals surface area contributed by atoms with Crippen LogP contribution in [-0.4, -0.2) is 56.1 Å². The van der Waals surface area contributed by atoms with E-state index < -0.39 is 24.9 Å². The third kappa shape index (κ3) is 3.13. The first kappa shape index (κ1) is 12.7. The molecule has 6 heteroatoms. The Balaban J connectivity index is 1.82. The van der Waals surface area contributed by atoms with Crippen molar-refractivity contribution in [1.29, 1.82) is 0 Å². The van der Waals surface area contributed by atoms with Gasteiger partial charge in [-0.15, -0.1) is 0 Å². The van der Waals surface area contributed by atoms with E-state index in [2.05, 4.69) is 5.32 Å². The highest BCUT2D eigenvalue weighted by molar-refractivity contribution is 5.82. The maximum atomic E-state index is 13.0. The van der Waals surface area contributed by atoms with Crippen LogP contribution < -0.4 is 5.32 Å². The Kier molecular flexibility index (Phi) is 3.63. The molecule has 0 aromatic carbocycles. The summed E-state index contributed by atoms with van der Waals surface area (Å²) in [5, 5.41) is 2.58. The lowest BCUT2D eigenvalue weighted by molar-refractivity contribution is -0.133. The van der Waals surface area contributed by atoms with Gasteiger partial charge < -0.3 is 9.64 Å². The molecule has 2 atom stereocenters. The molecule has 0 aromatic heterocycles. The molecule has 17 heavy (non-hydrogen) atoms. The Labute approximate surface area is 99.3 Å². The second-order valence-electron chi connectivity index (χ2n) is 4.94. The van der Waals surface area contributed by atoms with Crippen molar-refractivity contribution in [3.63, 3.8) is 0 Å². The minimum atomic E-state index is -2.75. The smallest absolute Gasteiger partial charge is 0.262 e. The molecule has 0 saturated carbocycles. The zero-order chi connectivity index (χ0) is 12.5. The molecule has 4 nitrogen and oxygen atoms in total. The number of rotatable bonds is 3. The van der Waals surface area contributed by atoms with Crippen molar-refractivity contribution < 1.29 is 18.3 Å². The van der Waals surface area contributed by atoms with Crippen LogP contribution in [0.15, 0.2) is 0 Å². The fourth-order valence-electron chi connectivity index (χ4n) is 2.36. The Morgan fingerprint density at radius 2 is 2.35 bits per heavy atom. The molecule has 2 fully saturated rings. The molecule has 2 unspecified atom stereocenters. The van der Waals surface area contributed by atoms with E-state index in [-0.39, 0.29) is 5.91 Å². The highest BCUT2D eigenvalue weighted by atomic mass is 19.3. The van der Waals surface area contributed by atoms with Gasteiger partial charge in [0.2, 0.25) is 5.91 Å².